The summed E-state index contributed by atoms with van der Waals surface area (Å²) in [7, 11) is 1.91. The molecule has 1 aromatic carbocycles. The number of rotatable bonds is 4. The van der Waals surface area contributed by atoms with Crippen molar-refractivity contribution in [3.05, 3.63) is 58.5 Å². The molecule has 0 aliphatic heterocycles. The molecule has 8 heteroatoms. The topological polar surface area (TPSA) is 89.6 Å². The normalized spacial score (nSPS) is 12.6. The largest absolute Gasteiger partial charge is 0.469 e. The van der Waals surface area contributed by atoms with Gasteiger partial charge in [0.15, 0.2) is 11.0 Å². The average Bonchev–Trinajstić information content (AvgIpc) is 3.21. The van der Waals surface area contributed by atoms with Gasteiger partial charge >= 0.3 is 0 Å². The SMILES string of the molecule is Cc1occc1-c1nnc(S[C@H](C)c2nc3ccccc3c(=O)[nH]2)n1C. The summed E-state index contributed by atoms with van der Waals surface area (Å²) >= 11 is 1.49. The molecule has 0 bridgehead atoms. The van der Waals surface area contributed by atoms with Gasteiger partial charge in [-0.15, -0.1) is 10.2 Å². The van der Waals surface area contributed by atoms with Gasteiger partial charge in [0.05, 0.1) is 28.0 Å². The second-order valence-electron chi connectivity index (χ2n) is 5.98. The van der Waals surface area contributed by atoms with E-state index in [0.29, 0.717) is 16.7 Å². The minimum Gasteiger partial charge on any atom is -0.469 e. The fourth-order valence-electron chi connectivity index (χ4n) is 2.78. The Hall–Kier alpha value is -2.87. The molecule has 0 fully saturated rings. The van der Waals surface area contributed by atoms with Crippen molar-refractivity contribution >= 4 is 22.7 Å². The van der Waals surface area contributed by atoms with Gasteiger partial charge < -0.3 is 14.0 Å². The Bertz CT molecular complexity index is 1140. The first-order valence-electron chi connectivity index (χ1n) is 8.14. The summed E-state index contributed by atoms with van der Waals surface area (Å²) < 4.78 is 7.26. The van der Waals surface area contributed by atoms with Gasteiger partial charge in [-0.1, -0.05) is 23.9 Å². The van der Waals surface area contributed by atoms with Crippen LogP contribution in [-0.2, 0) is 7.05 Å². The number of nitrogens with zero attached hydrogens (tertiary/aromatic N) is 4. The number of hydrogen-bond donors (Lipinski definition) is 1. The summed E-state index contributed by atoms with van der Waals surface area (Å²) in [6, 6.07) is 9.19. The maximum Gasteiger partial charge on any atom is 0.258 e. The van der Waals surface area contributed by atoms with E-state index in [1.54, 1.807) is 12.3 Å². The van der Waals surface area contributed by atoms with Crippen molar-refractivity contribution in [2.45, 2.75) is 24.3 Å². The lowest BCUT2D eigenvalue weighted by Gasteiger charge is -2.11. The Kier molecular flexibility index (Phi) is 4.12. The highest BCUT2D eigenvalue weighted by Crippen LogP contribution is 2.33. The van der Waals surface area contributed by atoms with Crippen LogP contribution in [0.5, 0.6) is 0 Å². The quantitative estimate of drug-likeness (QED) is 0.556. The Morgan fingerprint density at radius 3 is 2.81 bits per heavy atom. The van der Waals surface area contributed by atoms with E-state index in [1.807, 2.05) is 49.7 Å². The fraction of sp³-hybridized carbons (Fsp3) is 0.222. The summed E-state index contributed by atoms with van der Waals surface area (Å²) in [5.74, 6) is 2.15. The number of H-pyrrole nitrogens is 1. The van der Waals surface area contributed by atoms with Crippen LogP contribution in [0.2, 0.25) is 0 Å². The third kappa shape index (κ3) is 2.82. The van der Waals surface area contributed by atoms with E-state index in [1.165, 1.54) is 11.8 Å². The zero-order valence-corrected chi connectivity index (χ0v) is 15.4. The van der Waals surface area contributed by atoms with Gasteiger partial charge in [0.25, 0.3) is 5.56 Å². The second-order valence-corrected chi connectivity index (χ2v) is 7.29. The van der Waals surface area contributed by atoms with Crippen LogP contribution in [0.25, 0.3) is 22.3 Å². The zero-order valence-electron chi connectivity index (χ0n) is 14.6. The minimum atomic E-state index is -0.134. The summed E-state index contributed by atoms with van der Waals surface area (Å²) in [6.07, 6.45) is 1.64. The third-order valence-electron chi connectivity index (χ3n) is 4.23. The Labute approximate surface area is 153 Å². The maximum atomic E-state index is 12.3. The molecule has 3 aromatic heterocycles. The van der Waals surface area contributed by atoms with E-state index in [9.17, 15) is 4.79 Å². The monoisotopic (exact) mass is 367 g/mol. The summed E-state index contributed by atoms with van der Waals surface area (Å²) in [5, 5.41) is 9.79. The fourth-order valence-corrected chi connectivity index (χ4v) is 3.65. The van der Waals surface area contributed by atoms with Gasteiger partial charge in [0.2, 0.25) is 0 Å². The van der Waals surface area contributed by atoms with Crippen LogP contribution in [0.3, 0.4) is 0 Å². The highest BCUT2D eigenvalue weighted by atomic mass is 32.2. The number of aromatic amines is 1. The predicted molar refractivity (Wildman–Crippen MR) is 100 cm³/mol. The molecular weight excluding hydrogens is 350 g/mol. The van der Waals surface area contributed by atoms with Gasteiger partial charge in [-0.2, -0.15) is 0 Å². The first-order valence-corrected chi connectivity index (χ1v) is 9.02. The molecule has 4 aromatic rings. The number of hydrogen-bond acceptors (Lipinski definition) is 6. The highest BCUT2D eigenvalue weighted by molar-refractivity contribution is 7.99. The van der Waals surface area contributed by atoms with Crippen LogP contribution in [-0.4, -0.2) is 24.7 Å². The summed E-state index contributed by atoms with van der Waals surface area (Å²) in [4.78, 5) is 19.7. The number of benzene rings is 1. The van der Waals surface area contributed by atoms with E-state index in [4.69, 9.17) is 4.42 Å². The van der Waals surface area contributed by atoms with Crippen LogP contribution in [0, 0.1) is 6.92 Å². The van der Waals surface area contributed by atoms with Gasteiger partial charge in [-0.3, -0.25) is 4.79 Å². The van der Waals surface area contributed by atoms with Crippen molar-refractivity contribution in [3.8, 4) is 11.4 Å². The lowest BCUT2D eigenvalue weighted by Crippen LogP contribution is -2.13. The van der Waals surface area contributed by atoms with Gasteiger partial charge in [0, 0.05) is 7.05 Å². The molecule has 1 N–H and O–H groups in total. The van der Waals surface area contributed by atoms with Crippen molar-refractivity contribution < 1.29 is 4.42 Å². The minimum absolute atomic E-state index is 0.0893. The van der Waals surface area contributed by atoms with Gasteiger partial charge in [-0.25, -0.2) is 4.98 Å². The lowest BCUT2D eigenvalue weighted by molar-refractivity contribution is 0.534. The van der Waals surface area contributed by atoms with Crippen LogP contribution in [0.4, 0.5) is 0 Å². The number of para-hydroxylation sites is 1. The van der Waals surface area contributed by atoms with Crippen LogP contribution < -0.4 is 5.56 Å². The third-order valence-corrected chi connectivity index (χ3v) is 5.38. The molecule has 132 valence electrons. The van der Waals surface area contributed by atoms with E-state index >= 15 is 0 Å². The maximum absolute atomic E-state index is 12.3. The molecule has 0 saturated heterocycles. The van der Waals surface area contributed by atoms with E-state index in [2.05, 4.69) is 20.2 Å². The first kappa shape index (κ1) is 16.6. The molecule has 0 unspecified atom stereocenters. The van der Waals surface area contributed by atoms with Crippen LogP contribution >= 0.6 is 11.8 Å². The summed E-state index contributed by atoms with van der Waals surface area (Å²) in [5.41, 5.74) is 1.47. The average molecular weight is 367 g/mol. The van der Waals surface area contributed by atoms with Crippen molar-refractivity contribution in [1.29, 1.82) is 0 Å². The molecule has 7 nitrogen and oxygen atoms in total. The van der Waals surface area contributed by atoms with E-state index in [-0.39, 0.29) is 10.8 Å². The lowest BCUT2D eigenvalue weighted by atomic mass is 10.2. The molecule has 0 saturated carbocycles. The van der Waals surface area contributed by atoms with Crippen molar-refractivity contribution in [2.75, 3.05) is 0 Å². The molecule has 0 spiro atoms. The highest BCUT2D eigenvalue weighted by Gasteiger charge is 2.19. The number of furan rings is 1. The number of fused-ring (bicyclic) bond motifs is 1. The zero-order chi connectivity index (χ0) is 18.3. The van der Waals surface area contributed by atoms with Crippen molar-refractivity contribution in [1.82, 2.24) is 24.7 Å². The molecule has 0 aliphatic rings. The van der Waals surface area contributed by atoms with Crippen LogP contribution in [0.15, 0.2) is 51.0 Å². The molecule has 1 atom stereocenters. The predicted octanol–water partition coefficient (Wildman–Crippen LogP) is 3.47. The molecule has 0 radical (unpaired) electrons. The van der Waals surface area contributed by atoms with Crippen LogP contribution in [0.1, 0.15) is 23.8 Å². The van der Waals surface area contributed by atoms with Crippen molar-refractivity contribution in [2.24, 2.45) is 7.05 Å². The summed E-state index contributed by atoms with van der Waals surface area (Å²) in [6.45, 7) is 3.87. The number of aryl methyl sites for hydroxylation is 1. The van der Waals surface area contributed by atoms with Gasteiger partial charge in [-0.05, 0) is 32.0 Å². The number of nitrogens with one attached hydrogen (secondary N) is 1. The van der Waals surface area contributed by atoms with Gasteiger partial charge in [0.1, 0.15) is 11.6 Å². The molecule has 0 aliphatic carbocycles. The Balaban J connectivity index is 1.65. The number of thioether (sulfide) groups is 1. The number of aromatic nitrogens is 5. The van der Waals surface area contributed by atoms with Crippen molar-refractivity contribution in [3.63, 3.8) is 0 Å². The molecule has 0 amide bonds. The van der Waals surface area contributed by atoms with E-state index < -0.39 is 0 Å². The molecular formula is C18H17N5O2S. The Morgan fingerprint density at radius 2 is 2.04 bits per heavy atom. The molecule has 4 rings (SSSR count). The smallest absolute Gasteiger partial charge is 0.258 e. The van der Waals surface area contributed by atoms with E-state index in [0.717, 1.165) is 22.3 Å². The molecule has 26 heavy (non-hydrogen) atoms. The first-order chi connectivity index (χ1) is 12.5. The molecule has 3 heterocycles. The second kappa shape index (κ2) is 6.45. The standard InChI is InChI=1S/C18H17N5O2S/c1-10-12(8-9-25-10)16-21-22-18(23(16)3)26-11(2)15-19-14-7-5-4-6-13(14)17(24)20-15/h4-9,11H,1-3H3,(H,19,20,24)/t11-/m1/s1. The Morgan fingerprint density at radius 1 is 1.23 bits per heavy atom.